The summed E-state index contributed by atoms with van der Waals surface area (Å²) in [6.07, 6.45) is 2.50. The van der Waals surface area contributed by atoms with Gasteiger partial charge in [-0.1, -0.05) is 34.1 Å². The van der Waals surface area contributed by atoms with Crippen LogP contribution in [0.3, 0.4) is 0 Å². The van der Waals surface area contributed by atoms with Gasteiger partial charge in [0.25, 0.3) is 0 Å². The van der Waals surface area contributed by atoms with Crippen molar-refractivity contribution in [1.82, 2.24) is 5.32 Å². The van der Waals surface area contributed by atoms with Gasteiger partial charge in [0, 0.05) is 33.7 Å². The molecule has 0 heterocycles. The van der Waals surface area contributed by atoms with E-state index in [1.165, 1.54) is 20.3 Å². The summed E-state index contributed by atoms with van der Waals surface area (Å²) < 4.78 is 0. The largest absolute Gasteiger partial charge is 0.359 e. The molecular formula is C15H31NO4. The number of Topliss-reactive ketones (excluding diaryl/α,β-unsaturated/α-hetero) is 3. The van der Waals surface area contributed by atoms with Gasteiger partial charge in [0.1, 0.15) is 5.78 Å². The highest BCUT2D eigenvalue weighted by atomic mass is 16.2. The predicted molar refractivity (Wildman–Crippen MR) is 82.7 cm³/mol. The Morgan fingerprint density at radius 1 is 0.750 bits per heavy atom. The topological polar surface area (TPSA) is 80.3 Å². The highest BCUT2D eigenvalue weighted by Gasteiger charge is 1.94. The van der Waals surface area contributed by atoms with Gasteiger partial charge < -0.3 is 10.1 Å². The Kier molecular flexibility index (Phi) is 30.5. The zero-order valence-corrected chi connectivity index (χ0v) is 14.3. The van der Waals surface area contributed by atoms with Gasteiger partial charge in [0.15, 0.2) is 11.6 Å². The van der Waals surface area contributed by atoms with Gasteiger partial charge in [-0.3, -0.25) is 14.4 Å². The number of rotatable bonds is 3. The molecule has 0 atom stereocenters. The SMILES string of the molecule is CC(=O)C(C)=O.CCC.CCC(=O)NC.CCC(C)=O. The first-order chi connectivity index (χ1) is 9.14. The highest BCUT2D eigenvalue weighted by molar-refractivity contribution is 6.35. The molecular weight excluding hydrogens is 258 g/mol. The van der Waals surface area contributed by atoms with Gasteiger partial charge >= 0.3 is 0 Å². The molecule has 5 nitrogen and oxygen atoms in total. The van der Waals surface area contributed by atoms with Crippen molar-refractivity contribution in [2.24, 2.45) is 0 Å². The van der Waals surface area contributed by atoms with Crippen LogP contribution in [0.5, 0.6) is 0 Å². The third-order valence-corrected chi connectivity index (χ3v) is 1.59. The smallest absolute Gasteiger partial charge is 0.219 e. The fraction of sp³-hybridized carbons (Fsp3) is 0.733. The summed E-state index contributed by atoms with van der Waals surface area (Å²) in [6.45, 7) is 12.0. The van der Waals surface area contributed by atoms with Gasteiger partial charge in [-0.15, -0.1) is 0 Å². The van der Waals surface area contributed by atoms with E-state index in [2.05, 4.69) is 19.2 Å². The molecule has 20 heavy (non-hydrogen) atoms. The van der Waals surface area contributed by atoms with E-state index in [1.54, 1.807) is 14.0 Å². The van der Waals surface area contributed by atoms with E-state index in [9.17, 15) is 19.2 Å². The number of hydrogen-bond acceptors (Lipinski definition) is 4. The molecule has 0 aromatic carbocycles. The lowest BCUT2D eigenvalue weighted by Crippen LogP contribution is -2.15. The van der Waals surface area contributed by atoms with Crippen LogP contribution in [-0.2, 0) is 19.2 Å². The molecule has 1 amide bonds. The lowest BCUT2D eigenvalue weighted by atomic mass is 10.3. The monoisotopic (exact) mass is 289 g/mol. The second kappa shape index (κ2) is 22.6. The third kappa shape index (κ3) is 54.9. The number of nitrogens with one attached hydrogen (secondary N) is 1. The standard InChI is InChI=1S/C4H9NO.C4H6O2.C4H8O.C3H8/c1-3-4(6)5-2;1-3(5)4(2)6;1-3-4(2)5;1-3-2/h3H2,1-2H3,(H,5,6);1-2H3;3H2,1-2H3;3H2,1-2H3. The fourth-order valence-corrected chi connectivity index (χ4v) is 0.177. The third-order valence-electron chi connectivity index (χ3n) is 1.59. The molecule has 0 aliphatic rings. The van der Waals surface area contributed by atoms with Crippen LogP contribution in [0.2, 0.25) is 0 Å². The zero-order valence-electron chi connectivity index (χ0n) is 14.3. The first kappa shape index (κ1) is 26.9. The molecule has 1 N–H and O–H groups in total. The van der Waals surface area contributed by atoms with Crippen molar-refractivity contribution in [2.45, 2.75) is 67.7 Å². The molecule has 0 saturated heterocycles. The molecule has 0 fully saturated rings. The van der Waals surface area contributed by atoms with E-state index in [-0.39, 0.29) is 23.3 Å². The van der Waals surface area contributed by atoms with Gasteiger partial charge in [0.05, 0.1) is 0 Å². The Morgan fingerprint density at radius 2 is 1.00 bits per heavy atom. The average molecular weight is 289 g/mol. The van der Waals surface area contributed by atoms with Crippen LogP contribution in [0.4, 0.5) is 0 Å². The first-order valence-corrected chi connectivity index (χ1v) is 6.85. The Hall–Kier alpha value is -1.52. The van der Waals surface area contributed by atoms with Crippen molar-refractivity contribution >= 4 is 23.3 Å². The van der Waals surface area contributed by atoms with Crippen LogP contribution in [0, 0.1) is 0 Å². The number of carbonyl (C=O) groups is 4. The Labute approximate surface area is 123 Å². The van der Waals surface area contributed by atoms with E-state index >= 15 is 0 Å². The first-order valence-electron chi connectivity index (χ1n) is 6.85. The van der Waals surface area contributed by atoms with E-state index in [0.717, 1.165) is 0 Å². The van der Waals surface area contributed by atoms with E-state index in [1.807, 2.05) is 13.8 Å². The van der Waals surface area contributed by atoms with Crippen molar-refractivity contribution < 1.29 is 19.2 Å². The number of carbonyl (C=O) groups excluding carboxylic acids is 4. The maximum absolute atomic E-state index is 10.1. The van der Waals surface area contributed by atoms with Crippen LogP contribution in [0.1, 0.15) is 67.7 Å². The van der Waals surface area contributed by atoms with Gasteiger partial charge in [-0.25, -0.2) is 0 Å². The summed E-state index contributed by atoms with van der Waals surface area (Å²) in [6, 6.07) is 0. The highest BCUT2D eigenvalue weighted by Crippen LogP contribution is 1.71. The van der Waals surface area contributed by atoms with Crippen LogP contribution < -0.4 is 5.32 Å². The molecule has 0 unspecified atom stereocenters. The molecule has 0 rings (SSSR count). The van der Waals surface area contributed by atoms with Crippen molar-refractivity contribution in [3.63, 3.8) is 0 Å². The fourth-order valence-electron chi connectivity index (χ4n) is 0.177. The average Bonchev–Trinajstić information content (AvgIpc) is 2.39. The van der Waals surface area contributed by atoms with Gasteiger partial charge in [0.2, 0.25) is 5.91 Å². The predicted octanol–water partition coefficient (Wildman–Crippen LogP) is 2.71. The van der Waals surface area contributed by atoms with E-state index in [0.29, 0.717) is 12.8 Å². The molecule has 0 bridgehead atoms. The van der Waals surface area contributed by atoms with Crippen molar-refractivity contribution in [3.8, 4) is 0 Å². The summed E-state index contributed by atoms with van der Waals surface area (Å²) in [5.41, 5.74) is 0. The molecule has 0 spiro atoms. The number of hydrogen-bond donors (Lipinski definition) is 1. The summed E-state index contributed by atoms with van der Waals surface area (Å²) in [7, 11) is 1.63. The van der Waals surface area contributed by atoms with Gasteiger partial charge in [-0.2, -0.15) is 0 Å². The molecule has 5 heteroatoms. The molecule has 0 radical (unpaired) electrons. The Balaban J connectivity index is -0.0000000879. The Bertz CT molecular complexity index is 255. The van der Waals surface area contributed by atoms with Gasteiger partial charge in [-0.05, 0) is 6.92 Å². The minimum Gasteiger partial charge on any atom is -0.359 e. The summed E-state index contributed by atoms with van der Waals surface area (Å²) in [5.74, 6) is -0.412. The lowest BCUT2D eigenvalue weighted by molar-refractivity contribution is -0.134. The maximum Gasteiger partial charge on any atom is 0.219 e. The Morgan fingerprint density at radius 3 is 1.00 bits per heavy atom. The molecule has 120 valence electrons. The minimum absolute atomic E-state index is 0.0926. The second-order valence-corrected chi connectivity index (χ2v) is 3.90. The zero-order chi connectivity index (χ0) is 17.1. The number of amides is 1. The lowest BCUT2D eigenvalue weighted by Gasteiger charge is -1.87. The van der Waals surface area contributed by atoms with E-state index in [4.69, 9.17) is 0 Å². The summed E-state index contributed by atoms with van der Waals surface area (Å²) >= 11 is 0. The molecule has 0 saturated carbocycles. The molecule has 0 aromatic heterocycles. The maximum atomic E-state index is 10.1. The normalized spacial score (nSPS) is 7.40. The van der Waals surface area contributed by atoms with Crippen LogP contribution in [0.25, 0.3) is 0 Å². The van der Waals surface area contributed by atoms with E-state index < -0.39 is 0 Å². The van der Waals surface area contributed by atoms with Crippen molar-refractivity contribution in [3.05, 3.63) is 0 Å². The molecule has 0 aliphatic carbocycles. The molecule has 0 aromatic rings. The minimum atomic E-state index is -0.380. The summed E-state index contributed by atoms with van der Waals surface area (Å²) in [4.78, 5) is 39.5. The number of ketones is 3. The quantitative estimate of drug-likeness (QED) is 0.810. The molecule has 0 aliphatic heterocycles. The van der Waals surface area contributed by atoms with Crippen molar-refractivity contribution in [2.75, 3.05) is 7.05 Å². The second-order valence-electron chi connectivity index (χ2n) is 3.90. The van der Waals surface area contributed by atoms with Crippen LogP contribution in [0.15, 0.2) is 0 Å². The summed E-state index contributed by atoms with van der Waals surface area (Å²) in [5, 5.41) is 2.48. The van der Waals surface area contributed by atoms with Crippen LogP contribution >= 0.6 is 0 Å². The van der Waals surface area contributed by atoms with Crippen molar-refractivity contribution in [1.29, 1.82) is 0 Å². The van der Waals surface area contributed by atoms with Crippen LogP contribution in [-0.4, -0.2) is 30.3 Å².